The van der Waals surface area contributed by atoms with Crippen LogP contribution in [-0.4, -0.2) is 23.9 Å². The molecule has 3 rings (SSSR count). The second-order valence-corrected chi connectivity index (χ2v) is 5.62. The number of fused-ring (bicyclic) bond motifs is 1. The number of benzene rings is 2. The minimum Gasteiger partial charge on any atom is -0.465 e. The van der Waals surface area contributed by atoms with E-state index in [9.17, 15) is 9.59 Å². The number of aldehydes is 1. The lowest BCUT2D eigenvalue weighted by molar-refractivity contribution is 0.0600. The Labute approximate surface area is 138 Å². The zero-order chi connectivity index (χ0) is 16.4. The largest absolute Gasteiger partial charge is 0.465 e. The number of hydrogen-bond acceptors (Lipinski definition) is 3. The topological polar surface area (TPSA) is 48.3 Å². The molecule has 116 valence electrons. The number of carbonyl (C=O) groups is 2. The summed E-state index contributed by atoms with van der Waals surface area (Å²) in [4.78, 5) is 22.9. The molecule has 0 unspecified atom stereocenters. The predicted octanol–water partition coefficient (Wildman–Crippen LogP) is 3.94. The fraction of sp³-hybridized carbons (Fsp3) is 0.111. The van der Waals surface area contributed by atoms with Crippen molar-refractivity contribution in [1.82, 2.24) is 4.57 Å². The summed E-state index contributed by atoms with van der Waals surface area (Å²) in [6.45, 7) is 0.538. The average Bonchev–Trinajstić information content (AvgIpc) is 2.91. The summed E-state index contributed by atoms with van der Waals surface area (Å²) in [5.74, 6) is -0.371. The molecule has 23 heavy (non-hydrogen) atoms. The Kier molecular flexibility index (Phi) is 4.17. The smallest absolute Gasteiger partial charge is 0.337 e. The highest BCUT2D eigenvalue weighted by atomic mass is 35.5. The van der Waals surface area contributed by atoms with E-state index >= 15 is 0 Å². The van der Waals surface area contributed by atoms with Crippen LogP contribution in [0.4, 0.5) is 0 Å². The van der Waals surface area contributed by atoms with Gasteiger partial charge in [0.15, 0.2) is 6.29 Å². The van der Waals surface area contributed by atoms with Crippen molar-refractivity contribution in [2.75, 3.05) is 7.11 Å². The van der Waals surface area contributed by atoms with Crippen molar-refractivity contribution in [1.29, 1.82) is 0 Å². The predicted molar refractivity (Wildman–Crippen MR) is 89.2 cm³/mol. The molecule has 0 fully saturated rings. The van der Waals surface area contributed by atoms with E-state index in [-0.39, 0.29) is 5.97 Å². The van der Waals surface area contributed by atoms with Crippen molar-refractivity contribution in [2.24, 2.45) is 0 Å². The maximum Gasteiger partial charge on any atom is 0.337 e. The highest BCUT2D eigenvalue weighted by Crippen LogP contribution is 2.25. The molecule has 1 aromatic heterocycles. The minimum absolute atomic E-state index is 0.371. The van der Waals surface area contributed by atoms with Crippen LogP contribution in [0.3, 0.4) is 0 Å². The van der Waals surface area contributed by atoms with Gasteiger partial charge in [-0.3, -0.25) is 4.79 Å². The Morgan fingerprint density at radius 3 is 2.83 bits per heavy atom. The molecule has 1 heterocycles. The summed E-state index contributed by atoms with van der Waals surface area (Å²) < 4.78 is 6.70. The molecule has 2 aromatic carbocycles. The van der Waals surface area contributed by atoms with Crippen LogP contribution in [0.25, 0.3) is 10.9 Å². The summed E-state index contributed by atoms with van der Waals surface area (Å²) >= 11 is 6.01. The molecule has 0 saturated carbocycles. The lowest BCUT2D eigenvalue weighted by atomic mass is 10.1. The molecule has 0 spiro atoms. The maximum atomic E-state index is 11.6. The van der Waals surface area contributed by atoms with Gasteiger partial charge < -0.3 is 9.30 Å². The first-order valence-corrected chi connectivity index (χ1v) is 7.41. The van der Waals surface area contributed by atoms with E-state index in [0.29, 0.717) is 22.7 Å². The van der Waals surface area contributed by atoms with Crippen molar-refractivity contribution in [2.45, 2.75) is 6.54 Å². The van der Waals surface area contributed by atoms with Crippen LogP contribution in [-0.2, 0) is 11.3 Å². The standard InChI is InChI=1S/C18H14ClNO3/c1-23-18(22)13-4-2-3-12(7-13)9-20-10-14(11-21)16-8-15(19)5-6-17(16)20/h2-8,10-11H,9H2,1H3. The van der Waals surface area contributed by atoms with Gasteiger partial charge in [-0.25, -0.2) is 4.79 Å². The molecule has 0 aliphatic rings. The summed E-state index contributed by atoms with van der Waals surface area (Å²) in [6.07, 6.45) is 2.61. The number of rotatable bonds is 4. The third kappa shape index (κ3) is 2.98. The third-order valence-electron chi connectivity index (χ3n) is 3.70. The lowest BCUT2D eigenvalue weighted by Crippen LogP contribution is -2.03. The van der Waals surface area contributed by atoms with Crippen LogP contribution in [0.15, 0.2) is 48.7 Å². The number of esters is 1. The normalized spacial score (nSPS) is 10.7. The van der Waals surface area contributed by atoms with Crippen molar-refractivity contribution in [3.63, 3.8) is 0 Å². The zero-order valence-corrected chi connectivity index (χ0v) is 13.2. The van der Waals surface area contributed by atoms with Crippen LogP contribution in [0.5, 0.6) is 0 Å². The quantitative estimate of drug-likeness (QED) is 0.538. The van der Waals surface area contributed by atoms with E-state index in [4.69, 9.17) is 16.3 Å². The lowest BCUT2D eigenvalue weighted by Gasteiger charge is -2.07. The van der Waals surface area contributed by atoms with E-state index < -0.39 is 0 Å². The van der Waals surface area contributed by atoms with Gasteiger partial charge in [-0.1, -0.05) is 23.7 Å². The van der Waals surface area contributed by atoms with Crippen LogP contribution in [0.2, 0.25) is 5.02 Å². The van der Waals surface area contributed by atoms with Crippen molar-refractivity contribution in [3.8, 4) is 0 Å². The van der Waals surface area contributed by atoms with Gasteiger partial charge in [-0.15, -0.1) is 0 Å². The monoisotopic (exact) mass is 327 g/mol. The molecule has 4 nitrogen and oxygen atoms in total. The van der Waals surface area contributed by atoms with Gasteiger partial charge in [0.25, 0.3) is 0 Å². The van der Waals surface area contributed by atoms with E-state index in [1.165, 1.54) is 7.11 Å². The van der Waals surface area contributed by atoms with Gasteiger partial charge in [-0.2, -0.15) is 0 Å². The van der Waals surface area contributed by atoms with Crippen LogP contribution in [0, 0.1) is 0 Å². The molecule has 0 saturated heterocycles. The van der Waals surface area contributed by atoms with Gasteiger partial charge in [0.1, 0.15) is 0 Å². The van der Waals surface area contributed by atoms with Gasteiger partial charge in [-0.05, 0) is 35.9 Å². The fourth-order valence-corrected chi connectivity index (χ4v) is 2.80. The second kappa shape index (κ2) is 6.26. The summed E-state index contributed by atoms with van der Waals surface area (Å²) in [6, 6.07) is 12.7. The molecule has 0 radical (unpaired) electrons. The van der Waals surface area contributed by atoms with Gasteiger partial charge in [0.2, 0.25) is 0 Å². The van der Waals surface area contributed by atoms with Crippen LogP contribution < -0.4 is 0 Å². The molecule has 0 amide bonds. The van der Waals surface area contributed by atoms with Crippen molar-refractivity contribution in [3.05, 3.63) is 70.4 Å². The van der Waals surface area contributed by atoms with Crippen LogP contribution >= 0.6 is 11.6 Å². The van der Waals surface area contributed by atoms with Gasteiger partial charge >= 0.3 is 5.97 Å². The molecule has 5 heteroatoms. The highest BCUT2D eigenvalue weighted by molar-refractivity contribution is 6.31. The Hall–Kier alpha value is -2.59. The van der Waals surface area contributed by atoms with E-state index in [1.807, 2.05) is 22.8 Å². The Balaban J connectivity index is 2.02. The maximum absolute atomic E-state index is 11.6. The second-order valence-electron chi connectivity index (χ2n) is 5.18. The van der Waals surface area contributed by atoms with E-state index in [2.05, 4.69) is 0 Å². The van der Waals surface area contributed by atoms with Gasteiger partial charge in [0.05, 0.1) is 12.7 Å². The Morgan fingerprint density at radius 1 is 1.26 bits per heavy atom. The summed E-state index contributed by atoms with van der Waals surface area (Å²) in [5, 5.41) is 1.41. The Bertz CT molecular complexity index is 898. The number of halogens is 1. The molecule has 0 bridgehead atoms. The molecule has 0 atom stereocenters. The summed E-state index contributed by atoms with van der Waals surface area (Å²) in [7, 11) is 1.36. The third-order valence-corrected chi connectivity index (χ3v) is 3.94. The zero-order valence-electron chi connectivity index (χ0n) is 12.5. The SMILES string of the molecule is COC(=O)c1cccc(Cn2cc(C=O)c3cc(Cl)ccc32)c1. The molecule has 0 aliphatic heterocycles. The number of nitrogens with zero attached hydrogens (tertiary/aromatic N) is 1. The average molecular weight is 328 g/mol. The highest BCUT2D eigenvalue weighted by Gasteiger charge is 2.10. The number of ether oxygens (including phenoxy) is 1. The van der Waals surface area contributed by atoms with Crippen LogP contribution in [0.1, 0.15) is 26.3 Å². The molecular formula is C18H14ClNO3. The Morgan fingerprint density at radius 2 is 2.09 bits per heavy atom. The number of carbonyl (C=O) groups excluding carboxylic acids is 2. The summed E-state index contributed by atoms with van der Waals surface area (Å²) in [5.41, 5.74) is 2.95. The first-order valence-electron chi connectivity index (χ1n) is 7.03. The van der Waals surface area contributed by atoms with Crippen molar-refractivity contribution < 1.29 is 14.3 Å². The number of hydrogen-bond donors (Lipinski definition) is 0. The first-order chi connectivity index (χ1) is 11.1. The minimum atomic E-state index is -0.371. The van der Waals surface area contributed by atoms with E-state index in [0.717, 1.165) is 22.8 Å². The number of aromatic nitrogens is 1. The first kappa shape index (κ1) is 15.3. The number of methoxy groups -OCH3 is 1. The van der Waals surface area contributed by atoms with Crippen molar-refractivity contribution >= 4 is 34.8 Å². The van der Waals surface area contributed by atoms with E-state index in [1.54, 1.807) is 30.5 Å². The molecule has 0 N–H and O–H groups in total. The fourth-order valence-electron chi connectivity index (χ4n) is 2.63. The van der Waals surface area contributed by atoms with Gasteiger partial charge in [0, 0.05) is 34.2 Å². The molecular weight excluding hydrogens is 314 g/mol. The molecule has 3 aromatic rings. The molecule has 0 aliphatic carbocycles.